The van der Waals surface area contributed by atoms with Crippen LogP contribution in [0.5, 0.6) is 0 Å². The fourth-order valence-corrected chi connectivity index (χ4v) is 2.06. The first-order valence-corrected chi connectivity index (χ1v) is 7.26. The molecule has 0 aliphatic rings. The van der Waals surface area contributed by atoms with E-state index in [1.165, 1.54) is 0 Å². The fourth-order valence-electron chi connectivity index (χ4n) is 1.71. The maximum Gasteiger partial charge on any atom is 0.333 e. The molecule has 0 fully saturated rings. The van der Waals surface area contributed by atoms with Crippen molar-refractivity contribution in [3.63, 3.8) is 0 Å². The van der Waals surface area contributed by atoms with Crippen molar-refractivity contribution in [2.24, 2.45) is 7.05 Å². The van der Waals surface area contributed by atoms with Gasteiger partial charge in [-0.2, -0.15) is 16.9 Å². The van der Waals surface area contributed by atoms with E-state index < -0.39 is 0 Å². The molecule has 1 rings (SSSR count). The second-order valence-corrected chi connectivity index (χ2v) is 5.42. The number of thioether (sulfide) groups is 1. The van der Waals surface area contributed by atoms with Gasteiger partial charge in [0.2, 0.25) is 5.82 Å². The van der Waals surface area contributed by atoms with Gasteiger partial charge in [-0.3, -0.25) is 10.1 Å². The van der Waals surface area contributed by atoms with Crippen LogP contribution in [-0.4, -0.2) is 32.8 Å². The molecule has 0 spiro atoms. The predicted octanol–water partition coefficient (Wildman–Crippen LogP) is 2.44. The van der Waals surface area contributed by atoms with Crippen LogP contribution in [0.15, 0.2) is 0 Å². The first kappa shape index (κ1) is 14.8. The van der Waals surface area contributed by atoms with E-state index in [9.17, 15) is 10.1 Å². The Morgan fingerprint density at radius 2 is 2.28 bits per heavy atom. The van der Waals surface area contributed by atoms with E-state index in [0.29, 0.717) is 29.7 Å². The van der Waals surface area contributed by atoms with Gasteiger partial charge in [-0.15, -0.1) is 0 Å². The zero-order chi connectivity index (χ0) is 13.7. The van der Waals surface area contributed by atoms with E-state index in [4.69, 9.17) is 0 Å². The number of aryl methyl sites for hydroxylation is 2. The van der Waals surface area contributed by atoms with Gasteiger partial charge >= 0.3 is 5.69 Å². The summed E-state index contributed by atoms with van der Waals surface area (Å²) in [6.07, 6.45) is 3.59. The van der Waals surface area contributed by atoms with Crippen LogP contribution in [0.4, 0.5) is 11.5 Å². The Hall–Kier alpha value is -1.24. The van der Waals surface area contributed by atoms with Crippen LogP contribution in [-0.2, 0) is 13.5 Å². The minimum atomic E-state index is -0.355. The Morgan fingerprint density at radius 1 is 1.61 bits per heavy atom. The molecule has 6 nitrogen and oxygen atoms in total. The molecular formula is C11H20N4O2S. The monoisotopic (exact) mass is 272 g/mol. The number of anilines is 1. The molecular weight excluding hydrogens is 252 g/mol. The number of hydrogen-bond donors (Lipinski definition) is 1. The molecule has 0 aromatic carbocycles. The number of hydrogen-bond acceptors (Lipinski definition) is 5. The summed E-state index contributed by atoms with van der Waals surface area (Å²) in [6.45, 7) is 4.72. The van der Waals surface area contributed by atoms with Gasteiger partial charge in [-0.05, 0) is 19.1 Å². The average Bonchev–Trinajstić information content (AvgIpc) is 2.66. The van der Waals surface area contributed by atoms with Crippen molar-refractivity contribution in [2.45, 2.75) is 31.9 Å². The maximum absolute atomic E-state index is 11.1. The van der Waals surface area contributed by atoms with Gasteiger partial charge in [0.1, 0.15) is 5.69 Å². The van der Waals surface area contributed by atoms with E-state index in [2.05, 4.69) is 23.6 Å². The summed E-state index contributed by atoms with van der Waals surface area (Å²) < 4.78 is 1.56. The van der Waals surface area contributed by atoms with Crippen LogP contribution in [0.1, 0.15) is 26.0 Å². The largest absolute Gasteiger partial charge is 0.364 e. The van der Waals surface area contributed by atoms with E-state index in [-0.39, 0.29) is 10.6 Å². The first-order chi connectivity index (χ1) is 8.51. The van der Waals surface area contributed by atoms with Crippen LogP contribution in [0.2, 0.25) is 0 Å². The number of aromatic nitrogens is 2. The fraction of sp³-hybridized carbons (Fsp3) is 0.727. The quantitative estimate of drug-likeness (QED) is 0.609. The minimum absolute atomic E-state index is 0.108. The second kappa shape index (κ2) is 6.63. The van der Waals surface area contributed by atoms with E-state index in [1.54, 1.807) is 23.5 Å². The third kappa shape index (κ3) is 3.38. The van der Waals surface area contributed by atoms with E-state index in [1.807, 2.05) is 6.92 Å². The zero-order valence-corrected chi connectivity index (χ0v) is 12.1. The molecule has 0 aliphatic carbocycles. The van der Waals surface area contributed by atoms with Crippen molar-refractivity contribution in [3.8, 4) is 0 Å². The van der Waals surface area contributed by atoms with Crippen molar-refractivity contribution in [1.29, 1.82) is 0 Å². The smallest absolute Gasteiger partial charge is 0.333 e. The van der Waals surface area contributed by atoms with Crippen molar-refractivity contribution in [2.75, 3.05) is 18.1 Å². The third-order valence-electron chi connectivity index (χ3n) is 2.86. The highest BCUT2D eigenvalue weighted by atomic mass is 32.2. The third-order valence-corrected chi connectivity index (χ3v) is 3.90. The molecule has 0 saturated heterocycles. The van der Waals surface area contributed by atoms with Crippen molar-refractivity contribution in [1.82, 2.24) is 9.78 Å². The van der Waals surface area contributed by atoms with Gasteiger partial charge in [0.25, 0.3) is 0 Å². The van der Waals surface area contributed by atoms with Crippen LogP contribution in [0, 0.1) is 10.1 Å². The number of nitrogens with one attached hydrogen (secondary N) is 1. The molecule has 0 saturated carbocycles. The number of rotatable bonds is 7. The van der Waals surface area contributed by atoms with Crippen LogP contribution in [0.25, 0.3) is 0 Å². The standard InChI is InChI=1S/C11H20N4O2S/c1-5-9-10(15(16)17)11(14(3)13-9)12-7-6-8(2)18-4/h8,12H,5-7H2,1-4H3. The van der Waals surface area contributed by atoms with Gasteiger partial charge in [0, 0.05) is 18.8 Å². The predicted molar refractivity (Wildman–Crippen MR) is 75.3 cm³/mol. The highest BCUT2D eigenvalue weighted by molar-refractivity contribution is 7.99. The van der Waals surface area contributed by atoms with Gasteiger partial charge in [0.15, 0.2) is 0 Å². The molecule has 102 valence electrons. The molecule has 1 aromatic heterocycles. The Labute approximate surface area is 111 Å². The molecule has 1 aromatic rings. The maximum atomic E-state index is 11.1. The lowest BCUT2D eigenvalue weighted by molar-refractivity contribution is -0.384. The lowest BCUT2D eigenvalue weighted by Crippen LogP contribution is -2.11. The molecule has 0 bridgehead atoms. The van der Waals surface area contributed by atoms with E-state index in [0.717, 1.165) is 6.42 Å². The summed E-state index contributed by atoms with van der Waals surface area (Å²) in [6, 6.07) is 0. The molecule has 1 heterocycles. The summed E-state index contributed by atoms with van der Waals surface area (Å²) in [5, 5.41) is 18.9. The molecule has 7 heteroatoms. The average molecular weight is 272 g/mol. The Morgan fingerprint density at radius 3 is 2.78 bits per heavy atom. The SMILES string of the molecule is CCc1nn(C)c(NCCC(C)SC)c1[N+](=O)[O-]. The molecule has 18 heavy (non-hydrogen) atoms. The van der Waals surface area contributed by atoms with Crippen molar-refractivity contribution in [3.05, 3.63) is 15.8 Å². The second-order valence-electron chi connectivity index (χ2n) is 4.14. The Kier molecular flexibility index (Phi) is 5.46. The molecule has 0 amide bonds. The summed E-state index contributed by atoms with van der Waals surface area (Å²) >= 11 is 1.79. The van der Waals surface area contributed by atoms with Gasteiger partial charge in [0.05, 0.1) is 4.92 Å². The minimum Gasteiger partial charge on any atom is -0.364 e. The normalized spacial score (nSPS) is 12.4. The summed E-state index contributed by atoms with van der Waals surface area (Å²) in [4.78, 5) is 10.7. The molecule has 0 aliphatic heterocycles. The Bertz CT molecular complexity index is 419. The Balaban J connectivity index is 2.81. The van der Waals surface area contributed by atoms with Gasteiger partial charge in [-0.25, -0.2) is 4.68 Å². The lowest BCUT2D eigenvalue weighted by atomic mass is 10.3. The van der Waals surface area contributed by atoms with Crippen LogP contribution in [0.3, 0.4) is 0 Å². The molecule has 1 N–H and O–H groups in total. The highest BCUT2D eigenvalue weighted by Gasteiger charge is 2.25. The van der Waals surface area contributed by atoms with Crippen molar-refractivity contribution >= 4 is 23.3 Å². The summed E-state index contributed by atoms with van der Waals surface area (Å²) in [5.41, 5.74) is 0.639. The van der Waals surface area contributed by atoms with Gasteiger partial charge in [-0.1, -0.05) is 13.8 Å². The zero-order valence-electron chi connectivity index (χ0n) is 11.3. The lowest BCUT2D eigenvalue weighted by Gasteiger charge is -2.09. The van der Waals surface area contributed by atoms with Crippen molar-refractivity contribution < 1.29 is 4.92 Å². The highest BCUT2D eigenvalue weighted by Crippen LogP contribution is 2.28. The summed E-state index contributed by atoms with van der Waals surface area (Å²) in [7, 11) is 1.73. The van der Waals surface area contributed by atoms with Crippen LogP contribution < -0.4 is 5.32 Å². The molecule has 0 radical (unpaired) electrons. The first-order valence-electron chi connectivity index (χ1n) is 5.98. The summed E-state index contributed by atoms with van der Waals surface area (Å²) in [5.74, 6) is 0.505. The number of nitrogens with zero attached hydrogens (tertiary/aromatic N) is 3. The molecule has 1 atom stereocenters. The van der Waals surface area contributed by atoms with Crippen LogP contribution >= 0.6 is 11.8 Å². The van der Waals surface area contributed by atoms with Gasteiger partial charge < -0.3 is 5.32 Å². The molecule has 1 unspecified atom stereocenters. The number of nitro groups is 1. The topological polar surface area (TPSA) is 73.0 Å². The van der Waals surface area contributed by atoms with E-state index >= 15 is 0 Å².